The van der Waals surface area contributed by atoms with Gasteiger partial charge in [-0.2, -0.15) is 15.0 Å². The Kier molecular flexibility index (Phi) is 7.20. The molecule has 3 aromatic carbocycles. The number of nitrogens with zero attached hydrogens (tertiary/aromatic N) is 3. The molecule has 1 aromatic heterocycles. The molecule has 5 nitrogen and oxygen atoms in total. The number of aromatic nitrogens is 3. The molecule has 0 spiro atoms. The third kappa shape index (κ3) is 5.65. The van der Waals surface area contributed by atoms with E-state index in [4.69, 9.17) is 46.4 Å². The van der Waals surface area contributed by atoms with Crippen LogP contribution >= 0.6 is 46.4 Å². The molecule has 0 radical (unpaired) electrons. The smallest absolute Gasteiger partial charge is 0.243 e. The quantitative estimate of drug-likeness (QED) is 0.306. The number of benzene rings is 3. The number of hydrogen-bond acceptors (Lipinski definition) is 3. The summed E-state index contributed by atoms with van der Waals surface area (Å²) in [5.41, 5.74) is 2.81. The molecule has 4 aromatic rings. The first-order valence-electron chi connectivity index (χ1n) is 9.67. The molecule has 33 heavy (non-hydrogen) atoms. The van der Waals surface area contributed by atoms with E-state index in [9.17, 15) is 9.18 Å². The van der Waals surface area contributed by atoms with E-state index < -0.39 is 0 Å². The van der Waals surface area contributed by atoms with Gasteiger partial charge in [0.2, 0.25) is 5.91 Å². The number of rotatable bonds is 6. The van der Waals surface area contributed by atoms with Gasteiger partial charge in [0.25, 0.3) is 0 Å². The highest BCUT2D eigenvalue weighted by Crippen LogP contribution is 2.38. The lowest BCUT2D eigenvalue weighted by Crippen LogP contribution is -2.28. The largest absolute Gasteiger partial charge is 0.350 e. The summed E-state index contributed by atoms with van der Waals surface area (Å²) in [6.07, 6.45) is 0. The van der Waals surface area contributed by atoms with E-state index in [1.165, 1.54) is 16.9 Å². The minimum atomic E-state index is -0.340. The number of amides is 1. The summed E-state index contributed by atoms with van der Waals surface area (Å²) in [4.78, 5) is 13.8. The zero-order valence-corrected chi connectivity index (χ0v) is 19.9. The summed E-state index contributed by atoms with van der Waals surface area (Å²) < 4.78 is 13.1. The molecule has 4 rings (SSSR count). The van der Waals surface area contributed by atoms with E-state index in [-0.39, 0.29) is 24.8 Å². The second kappa shape index (κ2) is 10.1. The molecule has 0 saturated heterocycles. The second-order valence-corrected chi connectivity index (χ2v) is 8.77. The van der Waals surface area contributed by atoms with Gasteiger partial charge in [0.15, 0.2) is 0 Å². The molecule has 168 valence electrons. The van der Waals surface area contributed by atoms with Crippen LogP contribution in [0.4, 0.5) is 4.39 Å². The fraction of sp³-hybridized carbons (Fsp3) is 0.0870. The van der Waals surface area contributed by atoms with Crippen molar-refractivity contribution in [2.75, 3.05) is 0 Å². The van der Waals surface area contributed by atoms with Crippen LogP contribution in [0.1, 0.15) is 5.56 Å². The summed E-state index contributed by atoms with van der Waals surface area (Å²) >= 11 is 24.9. The average molecular weight is 524 g/mol. The lowest BCUT2D eigenvalue weighted by atomic mass is 10.0. The Morgan fingerprint density at radius 2 is 1.33 bits per heavy atom. The number of hydrogen-bond donors (Lipinski definition) is 1. The van der Waals surface area contributed by atoms with E-state index in [2.05, 4.69) is 15.5 Å². The summed E-state index contributed by atoms with van der Waals surface area (Å²) in [6.45, 7) is 0.0940. The third-order valence-corrected chi connectivity index (χ3v) is 5.81. The zero-order chi connectivity index (χ0) is 23.5. The molecular weight excluding hydrogens is 509 g/mol. The van der Waals surface area contributed by atoms with Gasteiger partial charge in [-0.1, -0.05) is 58.5 Å². The second-order valence-electron chi connectivity index (χ2n) is 7.08. The number of nitrogens with one attached hydrogen (secondary N) is 1. The van der Waals surface area contributed by atoms with Crippen LogP contribution < -0.4 is 5.32 Å². The van der Waals surface area contributed by atoms with Crippen LogP contribution in [0.15, 0.2) is 60.7 Å². The van der Waals surface area contributed by atoms with Gasteiger partial charge in [-0.05, 0) is 54.1 Å². The van der Waals surface area contributed by atoms with Gasteiger partial charge in [-0.25, -0.2) is 4.39 Å². The number of carbonyl (C=O) groups is 1. The molecule has 0 aliphatic carbocycles. The highest BCUT2D eigenvalue weighted by atomic mass is 35.5. The molecule has 1 N–H and O–H groups in total. The monoisotopic (exact) mass is 522 g/mol. The van der Waals surface area contributed by atoms with Gasteiger partial charge in [-0.15, -0.1) is 0 Å². The molecule has 0 saturated carbocycles. The van der Waals surface area contributed by atoms with Crippen LogP contribution in [0.5, 0.6) is 0 Å². The highest BCUT2D eigenvalue weighted by molar-refractivity contribution is 6.37. The Hall–Kier alpha value is -2.64. The normalized spacial score (nSPS) is 10.9. The molecule has 0 atom stereocenters. The fourth-order valence-corrected chi connectivity index (χ4v) is 4.13. The zero-order valence-electron chi connectivity index (χ0n) is 16.8. The summed E-state index contributed by atoms with van der Waals surface area (Å²) in [5, 5.41) is 13.5. The lowest BCUT2D eigenvalue weighted by Gasteiger charge is -2.06. The molecule has 0 aliphatic rings. The van der Waals surface area contributed by atoms with Gasteiger partial charge in [0.05, 0.1) is 10.0 Å². The Bertz CT molecular complexity index is 1260. The van der Waals surface area contributed by atoms with Crippen LogP contribution in [-0.2, 0) is 17.9 Å². The van der Waals surface area contributed by atoms with E-state index in [0.29, 0.717) is 42.6 Å². The molecular formula is C23H15Cl4FN4O. The number of carbonyl (C=O) groups excluding carboxylic acids is 1. The van der Waals surface area contributed by atoms with Crippen molar-refractivity contribution in [1.29, 1.82) is 0 Å². The Balaban J connectivity index is 1.64. The van der Waals surface area contributed by atoms with E-state index in [0.717, 1.165) is 5.56 Å². The van der Waals surface area contributed by atoms with E-state index in [1.807, 2.05) is 0 Å². The number of halogens is 5. The highest BCUT2D eigenvalue weighted by Gasteiger charge is 2.21. The summed E-state index contributed by atoms with van der Waals surface area (Å²) in [6, 6.07) is 15.9. The predicted molar refractivity (Wildman–Crippen MR) is 129 cm³/mol. The molecule has 0 aliphatic heterocycles. The lowest BCUT2D eigenvalue weighted by molar-refractivity contribution is -0.122. The van der Waals surface area contributed by atoms with Crippen molar-refractivity contribution < 1.29 is 9.18 Å². The van der Waals surface area contributed by atoms with Crippen LogP contribution in [-0.4, -0.2) is 20.9 Å². The Labute approximate surface area is 209 Å². The van der Waals surface area contributed by atoms with Crippen LogP contribution in [0.3, 0.4) is 0 Å². The maximum atomic E-state index is 13.1. The first-order valence-corrected chi connectivity index (χ1v) is 11.2. The Morgan fingerprint density at radius 3 is 1.82 bits per heavy atom. The van der Waals surface area contributed by atoms with Crippen LogP contribution in [0.25, 0.3) is 22.5 Å². The van der Waals surface area contributed by atoms with Crippen molar-refractivity contribution in [3.05, 3.63) is 92.1 Å². The van der Waals surface area contributed by atoms with Gasteiger partial charge in [0.1, 0.15) is 23.7 Å². The minimum Gasteiger partial charge on any atom is -0.350 e. The summed E-state index contributed by atoms with van der Waals surface area (Å²) in [5.74, 6) is -0.663. The first kappa shape index (κ1) is 23.5. The Morgan fingerprint density at radius 1 is 0.818 bits per heavy atom. The van der Waals surface area contributed by atoms with Crippen molar-refractivity contribution in [1.82, 2.24) is 20.3 Å². The molecule has 1 amide bonds. The van der Waals surface area contributed by atoms with Crippen molar-refractivity contribution in [2.24, 2.45) is 0 Å². The molecule has 1 heterocycles. The maximum absolute atomic E-state index is 13.1. The molecule has 0 unspecified atom stereocenters. The topological polar surface area (TPSA) is 59.8 Å². The van der Waals surface area contributed by atoms with Gasteiger partial charge in [-0.3, -0.25) is 4.79 Å². The van der Waals surface area contributed by atoms with Crippen molar-refractivity contribution in [3.8, 4) is 22.5 Å². The molecule has 0 fully saturated rings. The van der Waals surface area contributed by atoms with Crippen LogP contribution in [0, 0.1) is 5.82 Å². The molecule has 10 heteroatoms. The van der Waals surface area contributed by atoms with Gasteiger partial charge >= 0.3 is 0 Å². The predicted octanol–water partition coefficient (Wildman–Crippen LogP) is 6.68. The van der Waals surface area contributed by atoms with Crippen molar-refractivity contribution in [3.63, 3.8) is 0 Å². The SMILES string of the molecule is O=C(Cn1nc(-c2ccc(Cl)cc2Cl)c(-c2ccc(Cl)cc2Cl)n1)NCc1ccc(F)cc1. The van der Waals surface area contributed by atoms with Crippen molar-refractivity contribution in [2.45, 2.75) is 13.1 Å². The standard InChI is InChI=1S/C23H15Cl4FN4O/c24-14-3-7-17(19(26)9-14)22-23(18-8-4-15(25)10-20(18)27)31-32(30-22)12-21(33)29-11-13-1-5-16(28)6-2-13/h1-10H,11-12H2,(H,29,33). The maximum Gasteiger partial charge on any atom is 0.243 e. The first-order chi connectivity index (χ1) is 15.8. The van der Waals surface area contributed by atoms with Gasteiger partial charge < -0.3 is 5.32 Å². The van der Waals surface area contributed by atoms with E-state index in [1.54, 1.807) is 48.5 Å². The van der Waals surface area contributed by atoms with E-state index >= 15 is 0 Å². The van der Waals surface area contributed by atoms with Gasteiger partial charge in [0, 0.05) is 27.7 Å². The van der Waals surface area contributed by atoms with Crippen LogP contribution in [0.2, 0.25) is 20.1 Å². The third-order valence-electron chi connectivity index (χ3n) is 4.72. The summed E-state index contributed by atoms with van der Waals surface area (Å²) in [7, 11) is 0. The average Bonchev–Trinajstić information content (AvgIpc) is 3.16. The van der Waals surface area contributed by atoms with Crippen molar-refractivity contribution >= 4 is 52.3 Å². The minimum absolute atomic E-state index is 0.148. The fourth-order valence-electron chi connectivity index (χ4n) is 3.13. The molecule has 0 bridgehead atoms.